The first-order valence-corrected chi connectivity index (χ1v) is 18.1. The minimum absolute atomic E-state index is 0.0547. The number of unbranched alkanes of at least 4 members (excludes halogenated alkanes) is 10. The Hall–Kier alpha value is 0.167. The Bertz CT molecular complexity index is 431. The zero-order chi connectivity index (χ0) is 28.0. The lowest BCUT2D eigenvalue weighted by Crippen LogP contribution is -2.45. The van der Waals surface area contributed by atoms with Gasteiger partial charge in [0.05, 0.1) is 13.2 Å². The first-order chi connectivity index (χ1) is 17.2. The molecule has 0 atom stereocenters. The molecule has 0 unspecified atom stereocenters. The molecule has 0 rings (SSSR count). The molecule has 0 aromatic carbocycles. The summed E-state index contributed by atoms with van der Waals surface area (Å²) in [5, 5.41) is 8.07. The van der Waals surface area contributed by atoms with E-state index in [4.69, 9.17) is 32.9 Å². The third-order valence-corrected chi connectivity index (χ3v) is 9.22. The van der Waals surface area contributed by atoms with Crippen molar-refractivity contribution in [2.75, 3.05) is 45.8 Å². The molecular weight excluding hydrogens is 499 g/mol. The fourth-order valence-corrected chi connectivity index (χ4v) is 6.75. The number of hydrogen-bond donors (Lipinski definition) is 3. The highest BCUT2D eigenvalue weighted by atomic mass is 31.2. The van der Waals surface area contributed by atoms with Crippen LogP contribution < -0.4 is 0 Å². The molecule has 10 heteroatoms. The predicted molar refractivity (Wildman–Crippen MR) is 153 cm³/mol. The van der Waals surface area contributed by atoms with Crippen LogP contribution in [0.15, 0.2) is 0 Å². The summed E-state index contributed by atoms with van der Waals surface area (Å²) in [4.78, 5) is 17.1. The van der Waals surface area contributed by atoms with Crippen LogP contribution in [0.3, 0.4) is 0 Å². The van der Waals surface area contributed by atoms with Crippen LogP contribution >= 0.6 is 7.60 Å². The fraction of sp³-hybridized carbons (Fsp3) is 1.00. The van der Waals surface area contributed by atoms with Gasteiger partial charge in [0.15, 0.2) is 0 Å². The van der Waals surface area contributed by atoms with Gasteiger partial charge in [-0.1, -0.05) is 78.1 Å². The molecule has 0 amide bonds. The van der Waals surface area contributed by atoms with E-state index >= 15 is 0 Å². The Morgan fingerprint density at radius 2 is 1.03 bits per heavy atom. The summed E-state index contributed by atoms with van der Waals surface area (Å²) in [7, 11) is -6.09. The average molecular weight is 561 g/mol. The Balaban J connectivity index is -0.000000518. The molecule has 0 saturated carbocycles. The molecular formula is C26H61O8PSi. The highest BCUT2D eigenvalue weighted by molar-refractivity contribution is 7.51. The van der Waals surface area contributed by atoms with E-state index in [1.54, 1.807) is 0 Å². The SMILES string of the molecule is CCCCCCCCP(=O)(O)O.CCCCCCCC[Si](OCC)(OCC)OCC.CCOCCO. The van der Waals surface area contributed by atoms with Crippen LogP contribution in [0, 0.1) is 0 Å². The van der Waals surface area contributed by atoms with Crippen LogP contribution in [0.1, 0.15) is 119 Å². The summed E-state index contributed by atoms with van der Waals surface area (Å²) in [6.07, 6.45) is 14.2. The van der Waals surface area contributed by atoms with Crippen LogP contribution in [0.5, 0.6) is 0 Å². The minimum atomic E-state index is -3.72. The van der Waals surface area contributed by atoms with E-state index in [9.17, 15) is 4.57 Å². The van der Waals surface area contributed by atoms with Gasteiger partial charge in [-0.05, 0) is 40.5 Å². The molecule has 0 aliphatic carbocycles. The molecule has 222 valence electrons. The lowest BCUT2D eigenvalue weighted by Gasteiger charge is -2.28. The number of hydrogen-bond acceptors (Lipinski definition) is 6. The Morgan fingerprint density at radius 1 is 0.611 bits per heavy atom. The van der Waals surface area contributed by atoms with Gasteiger partial charge in [0.2, 0.25) is 0 Å². The molecule has 0 aliphatic heterocycles. The fourth-order valence-electron chi connectivity index (χ4n) is 3.43. The largest absolute Gasteiger partial charge is 0.500 e. The maximum atomic E-state index is 10.4. The smallest absolute Gasteiger partial charge is 0.394 e. The summed E-state index contributed by atoms with van der Waals surface area (Å²) in [5.41, 5.74) is 0. The maximum Gasteiger partial charge on any atom is 0.500 e. The van der Waals surface area contributed by atoms with Crippen LogP contribution in [0.25, 0.3) is 0 Å². The van der Waals surface area contributed by atoms with Crippen LogP contribution in [-0.4, -0.2) is 69.5 Å². The van der Waals surface area contributed by atoms with Crippen molar-refractivity contribution in [2.45, 2.75) is 125 Å². The first kappa shape index (κ1) is 40.7. The molecule has 8 nitrogen and oxygen atoms in total. The molecule has 0 spiro atoms. The van der Waals surface area contributed by atoms with E-state index in [0.717, 1.165) is 25.3 Å². The molecule has 0 fully saturated rings. The quantitative estimate of drug-likeness (QED) is 0.0700. The van der Waals surface area contributed by atoms with Crippen molar-refractivity contribution < 1.29 is 37.5 Å². The van der Waals surface area contributed by atoms with Gasteiger partial charge in [-0.25, -0.2) is 0 Å². The number of rotatable bonds is 23. The zero-order valence-corrected chi connectivity index (χ0v) is 26.4. The minimum Gasteiger partial charge on any atom is -0.394 e. The molecule has 36 heavy (non-hydrogen) atoms. The van der Waals surface area contributed by atoms with Gasteiger partial charge in [-0.3, -0.25) is 4.57 Å². The Labute approximate surface area is 224 Å². The normalized spacial score (nSPS) is 11.5. The monoisotopic (exact) mass is 560 g/mol. The van der Waals surface area contributed by atoms with Gasteiger partial charge in [-0.2, -0.15) is 0 Å². The molecule has 0 aliphatic rings. The summed E-state index contributed by atoms with van der Waals surface area (Å²) in [6.45, 7) is 15.7. The lowest BCUT2D eigenvalue weighted by atomic mass is 10.1. The van der Waals surface area contributed by atoms with Crippen molar-refractivity contribution in [2.24, 2.45) is 0 Å². The molecule has 0 bridgehead atoms. The number of aliphatic hydroxyl groups excluding tert-OH is 1. The van der Waals surface area contributed by atoms with E-state index in [1.165, 1.54) is 51.4 Å². The van der Waals surface area contributed by atoms with E-state index in [0.29, 0.717) is 39.5 Å². The third kappa shape index (κ3) is 34.2. The predicted octanol–water partition coefficient (Wildman–Crippen LogP) is 6.94. The maximum absolute atomic E-state index is 10.4. The van der Waals surface area contributed by atoms with Crippen molar-refractivity contribution in [3.8, 4) is 0 Å². The second kappa shape index (κ2) is 31.4. The van der Waals surface area contributed by atoms with Crippen LogP contribution in [0.2, 0.25) is 6.04 Å². The molecule has 0 saturated heterocycles. The first-order valence-electron chi connectivity index (χ1n) is 14.4. The second-order valence-electron chi connectivity index (χ2n) is 8.58. The Morgan fingerprint density at radius 3 is 1.36 bits per heavy atom. The van der Waals surface area contributed by atoms with E-state index < -0.39 is 16.4 Å². The van der Waals surface area contributed by atoms with Gasteiger partial charge in [0.25, 0.3) is 0 Å². The molecule has 0 aromatic heterocycles. The van der Waals surface area contributed by atoms with Crippen molar-refractivity contribution in [3.63, 3.8) is 0 Å². The zero-order valence-electron chi connectivity index (χ0n) is 24.5. The molecule has 0 heterocycles. The second-order valence-corrected chi connectivity index (χ2v) is 13.1. The lowest BCUT2D eigenvalue weighted by molar-refractivity contribution is 0.0706. The average Bonchev–Trinajstić information content (AvgIpc) is 2.83. The van der Waals surface area contributed by atoms with E-state index in [2.05, 4.69) is 13.8 Å². The molecule has 3 N–H and O–H groups in total. The van der Waals surface area contributed by atoms with Gasteiger partial charge >= 0.3 is 16.4 Å². The van der Waals surface area contributed by atoms with Crippen molar-refractivity contribution in [1.29, 1.82) is 0 Å². The van der Waals surface area contributed by atoms with E-state index in [-0.39, 0.29) is 12.8 Å². The van der Waals surface area contributed by atoms with Crippen molar-refractivity contribution in [3.05, 3.63) is 0 Å². The highest BCUT2D eigenvalue weighted by Crippen LogP contribution is 2.35. The standard InChI is InChI=1S/C14H32O3Si.C8H19O3P.C4H10O2/c1-5-9-10-11-12-13-14-18(15-6-2,16-7-3)17-8-4;1-2-3-4-5-6-7-8-12(9,10)11;1-2-6-4-3-5/h5-14H2,1-4H3;2-8H2,1H3,(H2,9,10,11);5H,2-4H2,1H3. The molecule has 0 aromatic rings. The van der Waals surface area contributed by atoms with Crippen molar-refractivity contribution >= 4 is 16.4 Å². The number of ether oxygens (including phenoxy) is 1. The van der Waals surface area contributed by atoms with Gasteiger partial charge in [-0.15, -0.1) is 0 Å². The van der Waals surface area contributed by atoms with Crippen molar-refractivity contribution in [1.82, 2.24) is 0 Å². The summed E-state index contributed by atoms with van der Waals surface area (Å²) in [5.74, 6) is 0. The third-order valence-electron chi connectivity index (χ3n) is 5.17. The van der Waals surface area contributed by atoms with Gasteiger partial charge in [0.1, 0.15) is 0 Å². The topological polar surface area (TPSA) is 115 Å². The van der Waals surface area contributed by atoms with Gasteiger partial charge in [0, 0.05) is 38.6 Å². The summed E-state index contributed by atoms with van der Waals surface area (Å²) in [6, 6.07) is 0.967. The van der Waals surface area contributed by atoms with Gasteiger partial charge < -0.3 is 32.9 Å². The van der Waals surface area contributed by atoms with Crippen LogP contribution in [0.4, 0.5) is 0 Å². The molecule has 0 radical (unpaired) electrons. The van der Waals surface area contributed by atoms with E-state index in [1.807, 2.05) is 27.7 Å². The highest BCUT2D eigenvalue weighted by Gasteiger charge is 2.39. The summed E-state index contributed by atoms with van der Waals surface area (Å²) < 4.78 is 32.6. The number of aliphatic hydroxyl groups is 1. The van der Waals surface area contributed by atoms with Crippen LogP contribution in [-0.2, 0) is 22.6 Å². The Kier molecular flexibility index (Phi) is 35.4. The summed E-state index contributed by atoms with van der Waals surface area (Å²) >= 11 is 0.